The third-order valence-corrected chi connectivity index (χ3v) is 3.96. The van der Waals surface area contributed by atoms with Crippen molar-refractivity contribution in [3.63, 3.8) is 0 Å². The van der Waals surface area contributed by atoms with Crippen LogP contribution < -0.4 is 5.73 Å². The number of nitrogens with zero attached hydrogens (tertiary/aromatic N) is 1. The molecule has 0 atom stereocenters. The van der Waals surface area contributed by atoms with Gasteiger partial charge >= 0.3 is 0 Å². The standard InChI is InChI=1S/C15H30N2O/c1-4-9-17(12-15(2,3)11-16)14(18)10-13-7-5-6-8-13/h13H,4-12,16H2,1-3H3. The zero-order chi connectivity index (χ0) is 13.6. The van der Waals surface area contributed by atoms with Crippen molar-refractivity contribution in [3.8, 4) is 0 Å². The lowest BCUT2D eigenvalue weighted by atomic mass is 9.92. The molecule has 0 aromatic carbocycles. The van der Waals surface area contributed by atoms with Crippen molar-refractivity contribution in [1.29, 1.82) is 0 Å². The zero-order valence-electron chi connectivity index (χ0n) is 12.4. The van der Waals surface area contributed by atoms with Crippen molar-refractivity contribution in [1.82, 2.24) is 4.90 Å². The van der Waals surface area contributed by atoms with E-state index in [1.165, 1.54) is 25.7 Å². The summed E-state index contributed by atoms with van der Waals surface area (Å²) in [5.74, 6) is 0.975. The average molecular weight is 254 g/mol. The Kier molecular flexibility index (Phi) is 6.13. The van der Waals surface area contributed by atoms with Crippen molar-refractivity contribution in [2.24, 2.45) is 17.1 Å². The molecule has 0 aromatic rings. The normalized spacial score (nSPS) is 17.1. The van der Waals surface area contributed by atoms with Gasteiger partial charge in [-0.05, 0) is 37.1 Å². The number of carbonyl (C=O) groups excluding carboxylic acids is 1. The smallest absolute Gasteiger partial charge is 0.222 e. The average Bonchev–Trinajstić information content (AvgIpc) is 2.81. The summed E-state index contributed by atoms with van der Waals surface area (Å²) in [7, 11) is 0. The topological polar surface area (TPSA) is 46.3 Å². The predicted molar refractivity (Wildman–Crippen MR) is 76.3 cm³/mol. The van der Waals surface area contributed by atoms with Crippen LogP contribution in [0.15, 0.2) is 0 Å². The fraction of sp³-hybridized carbons (Fsp3) is 0.933. The van der Waals surface area contributed by atoms with Crippen LogP contribution in [-0.2, 0) is 4.79 Å². The summed E-state index contributed by atoms with van der Waals surface area (Å²) in [4.78, 5) is 14.4. The lowest BCUT2D eigenvalue weighted by Crippen LogP contribution is -2.42. The molecule has 1 aliphatic carbocycles. The molecule has 0 radical (unpaired) electrons. The molecular weight excluding hydrogens is 224 g/mol. The van der Waals surface area contributed by atoms with Crippen molar-refractivity contribution >= 4 is 5.91 Å². The Hall–Kier alpha value is -0.570. The Morgan fingerprint density at radius 2 is 1.94 bits per heavy atom. The maximum Gasteiger partial charge on any atom is 0.222 e. The first kappa shape index (κ1) is 15.5. The Balaban J connectivity index is 2.51. The molecule has 0 aliphatic heterocycles. The summed E-state index contributed by atoms with van der Waals surface area (Å²) in [6.07, 6.45) is 6.87. The third-order valence-electron chi connectivity index (χ3n) is 3.96. The summed E-state index contributed by atoms with van der Waals surface area (Å²) in [5.41, 5.74) is 5.80. The number of rotatable bonds is 7. The molecule has 0 unspecified atom stereocenters. The van der Waals surface area contributed by atoms with Crippen LogP contribution in [0, 0.1) is 11.3 Å². The van der Waals surface area contributed by atoms with Crippen LogP contribution >= 0.6 is 0 Å². The van der Waals surface area contributed by atoms with E-state index in [-0.39, 0.29) is 5.41 Å². The van der Waals surface area contributed by atoms with Crippen LogP contribution in [0.25, 0.3) is 0 Å². The lowest BCUT2D eigenvalue weighted by molar-refractivity contribution is -0.133. The molecule has 0 heterocycles. The van der Waals surface area contributed by atoms with E-state index in [1.807, 2.05) is 4.90 Å². The second-order valence-electron chi connectivity index (χ2n) is 6.54. The molecule has 0 spiro atoms. The number of amides is 1. The maximum atomic E-state index is 12.4. The van der Waals surface area contributed by atoms with Gasteiger partial charge in [-0.15, -0.1) is 0 Å². The lowest BCUT2D eigenvalue weighted by Gasteiger charge is -2.32. The summed E-state index contributed by atoms with van der Waals surface area (Å²) in [5, 5.41) is 0. The quantitative estimate of drug-likeness (QED) is 0.759. The van der Waals surface area contributed by atoms with Gasteiger partial charge in [0.25, 0.3) is 0 Å². The monoisotopic (exact) mass is 254 g/mol. The first-order valence-electron chi connectivity index (χ1n) is 7.46. The number of hydrogen-bond acceptors (Lipinski definition) is 2. The van der Waals surface area contributed by atoms with E-state index in [0.717, 1.165) is 25.9 Å². The van der Waals surface area contributed by atoms with Crippen LogP contribution in [0.5, 0.6) is 0 Å². The molecule has 1 aliphatic rings. The largest absolute Gasteiger partial charge is 0.342 e. The molecule has 1 rings (SSSR count). The highest BCUT2D eigenvalue weighted by molar-refractivity contribution is 5.76. The molecule has 1 fully saturated rings. The molecule has 3 heteroatoms. The Bertz CT molecular complexity index is 257. The SMILES string of the molecule is CCCN(CC(C)(C)CN)C(=O)CC1CCCC1. The number of hydrogen-bond donors (Lipinski definition) is 1. The Morgan fingerprint density at radius 3 is 2.44 bits per heavy atom. The summed E-state index contributed by atoms with van der Waals surface area (Å²) in [6, 6.07) is 0. The Labute approximate surface area is 112 Å². The summed E-state index contributed by atoms with van der Waals surface area (Å²) in [6.45, 7) is 8.70. The van der Waals surface area contributed by atoms with Crippen LogP contribution in [0.1, 0.15) is 59.3 Å². The predicted octanol–water partition coefficient (Wildman–Crippen LogP) is 2.79. The zero-order valence-corrected chi connectivity index (χ0v) is 12.4. The van der Waals surface area contributed by atoms with E-state index in [0.29, 0.717) is 18.4 Å². The highest BCUT2D eigenvalue weighted by Gasteiger charge is 2.26. The molecule has 0 bridgehead atoms. The fourth-order valence-electron chi connectivity index (χ4n) is 2.73. The van der Waals surface area contributed by atoms with Crippen LogP contribution in [0.3, 0.4) is 0 Å². The summed E-state index contributed by atoms with van der Waals surface area (Å²) >= 11 is 0. The molecule has 1 amide bonds. The molecule has 0 saturated heterocycles. The first-order valence-corrected chi connectivity index (χ1v) is 7.46. The van der Waals surface area contributed by atoms with Crippen molar-refractivity contribution in [2.45, 2.75) is 59.3 Å². The van der Waals surface area contributed by atoms with E-state index < -0.39 is 0 Å². The minimum Gasteiger partial charge on any atom is -0.342 e. The third kappa shape index (κ3) is 4.97. The molecule has 0 aromatic heterocycles. The number of carbonyl (C=O) groups is 1. The van der Waals surface area contributed by atoms with Gasteiger partial charge in [0.2, 0.25) is 5.91 Å². The van der Waals surface area contributed by atoms with E-state index in [2.05, 4.69) is 20.8 Å². The Morgan fingerprint density at radius 1 is 1.33 bits per heavy atom. The highest BCUT2D eigenvalue weighted by atomic mass is 16.2. The highest BCUT2D eigenvalue weighted by Crippen LogP contribution is 2.28. The van der Waals surface area contributed by atoms with Gasteiger partial charge in [-0.2, -0.15) is 0 Å². The van der Waals surface area contributed by atoms with Gasteiger partial charge in [0.05, 0.1) is 0 Å². The molecule has 1 saturated carbocycles. The van der Waals surface area contributed by atoms with Gasteiger partial charge in [-0.3, -0.25) is 4.79 Å². The molecule has 2 N–H and O–H groups in total. The molecular formula is C15H30N2O. The van der Waals surface area contributed by atoms with Crippen LogP contribution in [0.4, 0.5) is 0 Å². The fourth-order valence-corrected chi connectivity index (χ4v) is 2.73. The minimum atomic E-state index is 0.0283. The van der Waals surface area contributed by atoms with Crippen molar-refractivity contribution < 1.29 is 4.79 Å². The molecule has 3 nitrogen and oxygen atoms in total. The van der Waals surface area contributed by atoms with E-state index in [4.69, 9.17) is 5.73 Å². The molecule has 106 valence electrons. The van der Waals surface area contributed by atoms with E-state index >= 15 is 0 Å². The molecule has 18 heavy (non-hydrogen) atoms. The van der Waals surface area contributed by atoms with E-state index in [1.54, 1.807) is 0 Å². The first-order chi connectivity index (χ1) is 8.48. The van der Waals surface area contributed by atoms with Gasteiger partial charge in [-0.1, -0.05) is 33.6 Å². The second-order valence-corrected chi connectivity index (χ2v) is 6.54. The minimum absolute atomic E-state index is 0.0283. The van der Waals surface area contributed by atoms with E-state index in [9.17, 15) is 4.79 Å². The number of nitrogens with two attached hydrogens (primary N) is 1. The summed E-state index contributed by atoms with van der Waals surface area (Å²) < 4.78 is 0. The van der Waals surface area contributed by atoms with Crippen molar-refractivity contribution in [3.05, 3.63) is 0 Å². The van der Waals surface area contributed by atoms with Gasteiger partial charge in [0.15, 0.2) is 0 Å². The maximum absolute atomic E-state index is 12.4. The van der Waals surface area contributed by atoms with Gasteiger partial charge in [0, 0.05) is 19.5 Å². The van der Waals surface area contributed by atoms with Gasteiger partial charge in [0.1, 0.15) is 0 Å². The second kappa shape index (κ2) is 7.13. The van der Waals surface area contributed by atoms with Gasteiger partial charge in [-0.25, -0.2) is 0 Å². The van der Waals surface area contributed by atoms with Crippen LogP contribution in [0.2, 0.25) is 0 Å². The van der Waals surface area contributed by atoms with Crippen LogP contribution in [-0.4, -0.2) is 30.4 Å². The van der Waals surface area contributed by atoms with Crippen molar-refractivity contribution in [2.75, 3.05) is 19.6 Å². The van der Waals surface area contributed by atoms with Gasteiger partial charge < -0.3 is 10.6 Å².